The van der Waals surface area contributed by atoms with Gasteiger partial charge in [-0.15, -0.1) is 0 Å². The summed E-state index contributed by atoms with van der Waals surface area (Å²) in [5.74, 6) is 0. The predicted molar refractivity (Wildman–Crippen MR) is 76.7 cm³/mol. The van der Waals surface area contributed by atoms with E-state index >= 15 is 0 Å². The molecule has 0 spiro atoms. The van der Waals surface area contributed by atoms with Crippen molar-refractivity contribution in [1.82, 2.24) is 0 Å². The SMILES string of the molecule is Cc1ccc(COOCc2ccccc2C)c(C)c1. The molecule has 0 amide bonds. The standard InChI is InChI=1S/C17H20O2/c1-13-8-9-17(15(3)10-13)12-19-18-11-16-7-5-4-6-14(16)2/h4-10H,11-12H2,1-3H3. The van der Waals surface area contributed by atoms with E-state index in [-0.39, 0.29) is 0 Å². The molecule has 0 heterocycles. The molecule has 0 aliphatic heterocycles. The van der Waals surface area contributed by atoms with Gasteiger partial charge in [-0.05, 0) is 43.0 Å². The molecule has 2 heteroatoms. The van der Waals surface area contributed by atoms with Crippen molar-refractivity contribution >= 4 is 0 Å². The Morgan fingerprint density at radius 1 is 0.737 bits per heavy atom. The second kappa shape index (κ2) is 6.50. The van der Waals surface area contributed by atoms with Gasteiger partial charge < -0.3 is 0 Å². The molecule has 0 saturated carbocycles. The van der Waals surface area contributed by atoms with E-state index < -0.39 is 0 Å². The van der Waals surface area contributed by atoms with E-state index in [1.54, 1.807) is 0 Å². The van der Waals surface area contributed by atoms with E-state index in [9.17, 15) is 0 Å². The lowest BCUT2D eigenvalue weighted by Gasteiger charge is -2.09. The maximum Gasteiger partial charge on any atom is 0.108 e. The average Bonchev–Trinajstić information content (AvgIpc) is 2.38. The van der Waals surface area contributed by atoms with Crippen LogP contribution in [0.15, 0.2) is 42.5 Å². The van der Waals surface area contributed by atoms with Gasteiger partial charge in [0.2, 0.25) is 0 Å². The maximum absolute atomic E-state index is 5.30. The van der Waals surface area contributed by atoms with Crippen LogP contribution in [0.4, 0.5) is 0 Å². The first-order valence-electron chi connectivity index (χ1n) is 6.52. The minimum absolute atomic E-state index is 0.484. The molecule has 0 fully saturated rings. The summed E-state index contributed by atoms with van der Waals surface area (Å²) in [6, 6.07) is 14.5. The molecule has 2 aromatic carbocycles. The zero-order chi connectivity index (χ0) is 13.7. The fourth-order valence-corrected chi connectivity index (χ4v) is 1.99. The average molecular weight is 256 g/mol. The highest BCUT2D eigenvalue weighted by atomic mass is 17.2. The molecule has 0 bridgehead atoms. The zero-order valence-corrected chi connectivity index (χ0v) is 11.8. The Morgan fingerprint density at radius 3 is 2.00 bits per heavy atom. The summed E-state index contributed by atoms with van der Waals surface area (Å²) in [4.78, 5) is 10.6. The van der Waals surface area contributed by atoms with Gasteiger partial charge in [-0.3, -0.25) is 0 Å². The molecule has 0 radical (unpaired) electrons. The molecular weight excluding hydrogens is 236 g/mol. The predicted octanol–water partition coefficient (Wildman–Crippen LogP) is 4.26. The van der Waals surface area contributed by atoms with E-state index in [0.717, 1.165) is 11.1 Å². The Labute approximate surface area is 114 Å². The molecule has 2 rings (SSSR count). The maximum atomic E-state index is 5.30. The summed E-state index contributed by atoms with van der Waals surface area (Å²) >= 11 is 0. The Hall–Kier alpha value is -1.64. The van der Waals surface area contributed by atoms with Crippen molar-refractivity contribution in [2.45, 2.75) is 34.0 Å². The minimum Gasteiger partial charge on any atom is -0.232 e. The van der Waals surface area contributed by atoms with Gasteiger partial charge in [-0.1, -0.05) is 48.0 Å². The summed E-state index contributed by atoms with van der Waals surface area (Å²) in [5.41, 5.74) is 6.04. The molecular formula is C17H20O2. The number of rotatable bonds is 5. The lowest BCUT2D eigenvalue weighted by molar-refractivity contribution is -0.313. The third-order valence-corrected chi connectivity index (χ3v) is 3.27. The first-order chi connectivity index (χ1) is 9.16. The van der Waals surface area contributed by atoms with E-state index in [2.05, 4.69) is 51.1 Å². The van der Waals surface area contributed by atoms with Crippen molar-refractivity contribution in [2.24, 2.45) is 0 Å². The van der Waals surface area contributed by atoms with Crippen molar-refractivity contribution in [3.8, 4) is 0 Å². The highest BCUT2D eigenvalue weighted by molar-refractivity contribution is 5.29. The van der Waals surface area contributed by atoms with Crippen LogP contribution < -0.4 is 0 Å². The molecule has 100 valence electrons. The van der Waals surface area contributed by atoms with Crippen molar-refractivity contribution in [2.75, 3.05) is 0 Å². The number of hydrogen-bond donors (Lipinski definition) is 0. The van der Waals surface area contributed by atoms with Crippen LogP contribution in [0.5, 0.6) is 0 Å². The first kappa shape index (κ1) is 13.8. The molecule has 0 N–H and O–H groups in total. The smallest absolute Gasteiger partial charge is 0.108 e. The molecule has 2 nitrogen and oxygen atoms in total. The monoisotopic (exact) mass is 256 g/mol. The van der Waals surface area contributed by atoms with Crippen molar-refractivity contribution < 1.29 is 9.78 Å². The van der Waals surface area contributed by atoms with E-state index in [0.29, 0.717) is 13.2 Å². The number of aryl methyl sites for hydroxylation is 3. The summed E-state index contributed by atoms with van der Waals surface area (Å²) in [6.45, 7) is 7.22. The molecule has 0 unspecified atom stereocenters. The van der Waals surface area contributed by atoms with Crippen LogP contribution in [0.2, 0.25) is 0 Å². The highest BCUT2D eigenvalue weighted by Crippen LogP contribution is 2.13. The zero-order valence-electron chi connectivity index (χ0n) is 11.8. The topological polar surface area (TPSA) is 18.5 Å². The number of hydrogen-bond acceptors (Lipinski definition) is 2. The number of benzene rings is 2. The van der Waals surface area contributed by atoms with Gasteiger partial charge in [0.05, 0.1) is 0 Å². The van der Waals surface area contributed by atoms with Gasteiger partial charge in [0.1, 0.15) is 13.2 Å². The third-order valence-electron chi connectivity index (χ3n) is 3.27. The van der Waals surface area contributed by atoms with Crippen LogP contribution in [0.1, 0.15) is 27.8 Å². The lowest BCUT2D eigenvalue weighted by atomic mass is 10.1. The van der Waals surface area contributed by atoms with Crippen LogP contribution >= 0.6 is 0 Å². The van der Waals surface area contributed by atoms with Crippen molar-refractivity contribution in [3.63, 3.8) is 0 Å². The van der Waals surface area contributed by atoms with Gasteiger partial charge in [0.15, 0.2) is 0 Å². The Morgan fingerprint density at radius 2 is 1.37 bits per heavy atom. The Balaban J connectivity index is 1.83. The molecule has 0 saturated heterocycles. The largest absolute Gasteiger partial charge is 0.232 e. The second-order valence-electron chi connectivity index (χ2n) is 4.88. The van der Waals surface area contributed by atoms with Gasteiger partial charge in [-0.25, -0.2) is 9.78 Å². The Kier molecular flexibility index (Phi) is 4.72. The molecule has 0 atom stereocenters. The van der Waals surface area contributed by atoms with Gasteiger partial charge in [0.25, 0.3) is 0 Å². The fraction of sp³-hybridized carbons (Fsp3) is 0.294. The first-order valence-corrected chi connectivity index (χ1v) is 6.52. The van der Waals surface area contributed by atoms with Gasteiger partial charge in [-0.2, -0.15) is 0 Å². The second-order valence-corrected chi connectivity index (χ2v) is 4.88. The fourth-order valence-electron chi connectivity index (χ4n) is 1.99. The molecule has 0 aromatic heterocycles. The Bertz CT molecular complexity index is 547. The van der Waals surface area contributed by atoms with Crippen LogP contribution in [-0.2, 0) is 23.0 Å². The summed E-state index contributed by atoms with van der Waals surface area (Å²) < 4.78 is 0. The molecule has 0 aliphatic carbocycles. The van der Waals surface area contributed by atoms with E-state index in [4.69, 9.17) is 9.78 Å². The molecule has 2 aromatic rings. The van der Waals surface area contributed by atoms with Crippen molar-refractivity contribution in [1.29, 1.82) is 0 Å². The summed E-state index contributed by atoms with van der Waals surface area (Å²) in [6.07, 6.45) is 0. The quantitative estimate of drug-likeness (QED) is 0.452. The van der Waals surface area contributed by atoms with Gasteiger partial charge in [0, 0.05) is 0 Å². The molecule has 19 heavy (non-hydrogen) atoms. The summed E-state index contributed by atoms with van der Waals surface area (Å²) in [7, 11) is 0. The van der Waals surface area contributed by atoms with E-state index in [1.165, 1.54) is 16.7 Å². The van der Waals surface area contributed by atoms with Crippen LogP contribution in [0, 0.1) is 20.8 Å². The van der Waals surface area contributed by atoms with Crippen LogP contribution in [0.3, 0.4) is 0 Å². The van der Waals surface area contributed by atoms with E-state index in [1.807, 2.05) is 12.1 Å². The highest BCUT2D eigenvalue weighted by Gasteiger charge is 2.01. The van der Waals surface area contributed by atoms with Crippen LogP contribution in [-0.4, -0.2) is 0 Å². The normalized spacial score (nSPS) is 10.7. The minimum atomic E-state index is 0.484. The van der Waals surface area contributed by atoms with Gasteiger partial charge >= 0.3 is 0 Å². The summed E-state index contributed by atoms with van der Waals surface area (Å²) in [5, 5.41) is 0. The lowest BCUT2D eigenvalue weighted by Crippen LogP contribution is -1.99. The third kappa shape index (κ3) is 3.91. The van der Waals surface area contributed by atoms with Crippen LogP contribution in [0.25, 0.3) is 0 Å². The van der Waals surface area contributed by atoms with Crippen molar-refractivity contribution in [3.05, 3.63) is 70.3 Å². The molecule has 0 aliphatic rings.